The third-order valence-electron chi connectivity index (χ3n) is 4.14. The van der Waals surface area contributed by atoms with Gasteiger partial charge in [-0.15, -0.1) is 0 Å². The maximum absolute atomic E-state index is 6.26. The van der Waals surface area contributed by atoms with Crippen molar-refractivity contribution in [3.05, 3.63) is 0 Å². The first-order chi connectivity index (χ1) is 7.25. The van der Waals surface area contributed by atoms with Crippen LogP contribution in [0.5, 0.6) is 0 Å². The van der Waals surface area contributed by atoms with Crippen LogP contribution in [0.1, 0.15) is 73.1 Å². The van der Waals surface area contributed by atoms with E-state index >= 15 is 0 Å². The van der Waals surface area contributed by atoms with E-state index in [-0.39, 0.29) is 5.31 Å². The van der Waals surface area contributed by atoms with E-state index in [1.54, 1.807) is 0 Å². The van der Waals surface area contributed by atoms with Crippen LogP contribution in [-0.4, -0.2) is 7.85 Å². The van der Waals surface area contributed by atoms with Crippen molar-refractivity contribution in [3.8, 4) is 0 Å². The van der Waals surface area contributed by atoms with Crippen molar-refractivity contribution >= 4 is 7.85 Å². The fourth-order valence-electron chi connectivity index (χ4n) is 3.58. The molecule has 1 heteroatoms. The van der Waals surface area contributed by atoms with E-state index in [1.165, 1.54) is 38.5 Å². The van der Waals surface area contributed by atoms with Crippen LogP contribution in [0.4, 0.5) is 0 Å². The van der Waals surface area contributed by atoms with Crippen molar-refractivity contribution in [1.82, 2.24) is 0 Å². The van der Waals surface area contributed by atoms with E-state index in [1.807, 2.05) is 0 Å². The Bertz CT molecular complexity index is 193. The molecular formula is C15H29B. The average Bonchev–Trinajstić information content (AvgIpc) is 2.09. The second kappa shape index (κ2) is 5.15. The second-order valence-electron chi connectivity index (χ2n) is 7.35. The lowest BCUT2D eigenvalue weighted by Crippen LogP contribution is -2.32. The van der Waals surface area contributed by atoms with Crippen LogP contribution in [0.2, 0.25) is 5.31 Å². The summed E-state index contributed by atoms with van der Waals surface area (Å²) in [6.07, 6.45) is 7.90. The molecule has 0 amide bonds. The molecule has 1 aliphatic rings. The van der Waals surface area contributed by atoms with E-state index in [9.17, 15) is 0 Å². The average molecular weight is 220 g/mol. The molecule has 1 rings (SSSR count). The highest BCUT2D eigenvalue weighted by Gasteiger charge is 2.38. The minimum absolute atomic E-state index is 0.109. The smallest absolute Gasteiger partial charge is 0.0688 e. The molecule has 1 aliphatic carbocycles. The Morgan fingerprint density at radius 2 is 1.25 bits per heavy atom. The Morgan fingerprint density at radius 3 is 1.56 bits per heavy atom. The van der Waals surface area contributed by atoms with Gasteiger partial charge in [-0.05, 0) is 42.9 Å². The highest BCUT2D eigenvalue weighted by atomic mass is 14.4. The molecule has 2 radical (unpaired) electrons. The van der Waals surface area contributed by atoms with Gasteiger partial charge in [0.05, 0.1) is 7.85 Å². The predicted molar refractivity (Wildman–Crippen MR) is 73.9 cm³/mol. The van der Waals surface area contributed by atoms with Crippen LogP contribution < -0.4 is 0 Å². The summed E-state index contributed by atoms with van der Waals surface area (Å²) in [7, 11) is 6.26. The summed E-state index contributed by atoms with van der Waals surface area (Å²) in [6, 6.07) is 0. The van der Waals surface area contributed by atoms with Gasteiger partial charge in [0.15, 0.2) is 0 Å². The maximum Gasteiger partial charge on any atom is 0.0742 e. The summed E-state index contributed by atoms with van der Waals surface area (Å²) in [5, 5.41) is 0.109. The number of hydrogen-bond donors (Lipinski definition) is 0. The van der Waals surface area contributed by atoms with Crippen molar-refractivity contribution in [2.24, 2.45) is 17.3 Å². The molecule has 92 valence electrons. The summed E-state index contributed by atoms with van der Waals surface area (Å²) < 4.78 is 0. The third-order valence-corrected chi connectivity index (χ3v) is 4.14. The summed E-state index contributed by atoms with van der Waals surface area (Å²) in [6.45, 7) is 11.7. The molecule has 1 fully saturated rings. The van der Waals surface area contributed by atoms with Gasteiger partial charge in [0.25, 0.3) is 0 Å². The van der Waals surface area contributed by atoms with Crippen molar-refractivity contribution in [1.29, 1.82) is 0 Å². The predicted octanol–water partition coefficient (Wildman–Crippen LogP) is 4.99. The standard InChI is InChI=1S/C15H29B/c1-12(2)10-15(11-13(3)4)8-6-14(5,16)7-9-15/h12-13H,6-11H2,1-5H3. The lowest BCUT2D eigenvalue weighted by atomic mass is 9.53. The van der Waals surface area contributed by atoms with Gasteiger partial charge in [-0.25, -0.2) is 0 Å². The van der Waals surface area contributed by atoms with Crippen molar-refractivity contribution < 1.29 is 0 Å². The third kappa shape index (κ3) is 4.15. The monoisotopic (exact) mass is 220 g/mol. The lowest BCUT2D eigenvalue weighted by Gasteiger charge is -2.46. The van der Waals surface area contributed by atoms with Crippen LogP contribution >= 0.6 is 0 Å². The van der Waals surface area contributed by atoms with Gasteiger partial charge < -0.3 is 0 Å². The minimum atomic E-state index is 0.109. The molecule has 0 bridgehead atoms. The van der Waals surface area contributed by atoms with Gasteiger partial charge in [0.1, 0.15) is 0 Å². The van der Waals surface area contributed by atoms with Gasteiger partial charge in [0, 0.05) is 0 Å². The fraction of sp³-hybridized carbons (Fsp3) is 1.00. The molecule has 0 spiro atoms. The summed E-state index contributed by atoms with van der Waals surface area (Å²) in [4.78, 5) is 0. The van der Waals surface area contributed by atoms with E-state index in [4.69, 9.17) is 7.85 Å². The van der Waals surface area contributed by atoms with Gasteiger partial charge in [-0.2, -0.15) is 0 Å². The van der Waals surface area contributed by atoms with Gasteiger partial charge in [-0.1, -0.05) is 52.8 Å². The van der Waals surface area contributed by atoms with Gasteiger partial charge in [0.2, 0.25) is 0 Å². The van der Waals surface area contributed by atoms with Crippen molar-refractivity contribution in [2.75, 3.05) is 0 Å². The fourth-order valence-corrected chi connectivity index (χ4v) is 3.58. The molecular weight excluding hydrogens is 191 g/mol. The SMILES string of the molecule is [B]C1(C)CCC(CC(C)C)(CC(C)C)CC1. The Hall–Kier alpha value is 0.0649. The zero-order chi connectivity index (χ0) is 12.4. The quantitative estimate of drug-likeness (QED) is 0.586. The van der Waals surface area contributed by atoms with E-state index in [2.05, 4.69) is 34.6 Å². The Labute approximate surface area is 104 Å². The molecule has 0 atom stereocenters. The van der Waals surface area contributed by atoms with Gasteiger partial charge >= 0.3 is 0 Å². The maximum atomic E-state index is 6.26. The second-order valence-corrected chi connectivity index (χ2v) is 7.35. The molecule has 0 aromatic carbocycles. The molecule has 0 aromatic heterocycles. The molecule has 0 aromatic rings. The number of rotatable bonds is 4. The highest BCUT2D eigenvalue weighted by Crippen LogP contribution is 2.53. The summed E-state index contributed by atoms with van der Waals surface area (Å²) >= 11 is 0. The molecule has 1 saturated carbocycles. The van der Waals surface area contributed by atoms with Crippen LogP contribution in [0.25, 0.3) is 0 Å². The number of hydrogen-bond acceptors (Lipinski definition) is 0. The first-order valence-electron chi connectivity index (χ1n) is 7.04. The molecule has 0 unspecified atom stereocenters. The Balaban J connectivity index is 2.66. The Kier molecular flexibility index (Phi) is 4.54. The van der Waals surface area contributed by atoms with Crippen LogP contribution in [-0.2, 0) is 0 Å². The van der Waals surface area contributed by atoms with Gasteiger partial charge in [-0.3, -0.25) is 0 Å². The molecule has 16 heavy (non-hydrogen) atoms. The largest absolute Gasteiger partial charge is 0.0742 e. The summed E-state index contributed by atoms with van der Waals surface area (Å²) in [5.41, 5.74) is 0.598. The minimum Gasteiger partial charge on any atom is -0.0688 e. The van der Waals surface area contributed by atoms with E-state index in [0.29, 0.717) is 5.41 Å². The zero-order valence-electron chi connectivity index (χ0n) is 12.0. The van der Waals surface area contributed by atoms with Crippen LogP contribution in [0, 0.1) is 17.3 Å². The molecule has 0 N–H and O–H groups in total. The molecule has 0 aliphatic heterocycles. The first kappa shape index (κ1) is 14.1. The van der Waals surface area contributed by atoms with Crippen LogP contribution in [0.15, 0.2) is 0 Å². The molecule has 0 saturated heterocycles. The Morgan fingerprint density at radius 1 is 0.875 bits per heavy atom. The normalized spacial score (nSPS) is 23.9. The van der Waals surface area contributed by atoms with Crippen molar-refractivity contribution in [2.45, 2.75) is 78.5 Å². The van der Waals surface area contributed by atoms with E-state index < -0.39 is 0 Å². The first-order valence-corrected chi connectivity index (χ1v) is 7.04. The zero-order valence-corrected chi connectivity index (χ0v) is 12.0. The van der Waals surface area contributed by atoms with E-state index in [0.717, 1.165) is 11.8 Å². The topological polar surface area (TPSA) is 0 Å². The summed E-state index contributed by atoms with van der Waals surface area (Å²) in [5.74, 6) is 1.64. The van der Waals surface area contributed by atoms with Crippen molar-refractivity contribution in [3.63, 3.8) is 0 Å². The van der Waals surface area contributed by atoms with Crippen LogP contribution in [0.3, 0.4) is 0 Å². The highest BCUT2D eigenvalue weighted by molar-refractivity contribution is 6.14. The molecule has 0 nitrogen and oxygen atoms in total. The lowest BCUT2D eigenvalue weighted by molar-refractivity contribution is 0.101. The molecule has 0 heterocycles.